The van der Waals surface area contributed by atoms with Gasteiger partial charge in [-0.25, -0.2) is 9.59 Å². The van der Waals surface area contributed by atoms with E-state index in [0.717, 1.165) is 11.1 Å². The van der Waals surface area contributed by atoms with E-state index in [1.807, 2.05) is 31.2 Å². The molecule has 0 radical (unpaired) electrons. The van der Waals surface area contributed by atoms with Crippen molar-refractivity contribution in [1.82, 2.24) is 5.32 Å². The second-order valence-electron chi connectivity index (χ2n) is 6.80. The Morgan fingerprint density at radius 2 is 1.24 bits per heavy atom. The first-order chi connectivity index (χ1) is 13.9. The molecule has 2 rings (SSSR count). The van der Waals surface area contributed by atoms with E-state index < -0.39 is 17.9 Å². The number of ether oxygens (including phenoxy) is 4. The number of benzene rings is 1. The summed E-state index contributed by atoms with van der Waals surface area (Å²) in [6.45, 7) is 6.42. The SMILES string of the molecule is COCCOC(=O)C1=C(C)NC(C)=C(C(=O)OCCOC)C1c1ccc(C)cc1. The molecule has 0 atom stereocenters. The number of hydrogen-bond donors (Lipinski definition) is 1. The molecule has 1 aromatic rings. The number of esters is 2. The van der Waals surface area contributed by atoms with Crippen LogP contribution in [0, 0.1) is 6.92 Å². The summed E-state index contributed by atoms with van der Waals surface area (Å²) in [6.07, 6.45) is 0. The van der Waals surface area contributed by atoms with Crippen LogP contribution in [0.2, 0.25) is 0 Å². The molecule has 1 N–H and O–H groups in total. The quantitative estimate of drug-likeness (QED) is 0.501. The zero-order valence-electron chi connectivity index (χ0n) is 17.7. The van der Waals surface area contributed by atoms with Crippen molar-refractivity contribution in [1.29, 1.82) is 0 Å². The van der Waals surface area contributed by atoms with Gasteiger partial charge in [0.05, 0.1) is 30.3 Å². The number of dihydropyridines is 1. The van der Waals surface area contributed by atoms with E-state index in [-0.39, 0.29) is 13.2 Å². The number of methoxy groups -OCH3 is 2. The van der Waals surface area contributed by atoms with E-state index >= 15 is 0 Å². The highest BCUT2D eigenvalue weighted by atomic mass is 16.6. The Kier molecular flexibility index (Phi) is 8.42. The molecule has 1 heterocycles. The van der Waals surface area contributed by atoms with Gasteiger partial charge in [-0.1, -0.05) is 29.8 Å². The lowest BCUT2D eigenvalue weighted by Gasteiger charge is -2.30. The van der Waals surface area contributed by atoms with Gasteiger partial charge in [0, 0.05) is 25.6 Å². The van der Waals surface area contributed by atoms with E-state index in [9.17, 15) is 9.59 Å². The van der Waals surface area contributed by atoms with E-state index in [1.165, 1.54) is 14.2 Å². The van der Waals surface area contributed by atoms with Gasteiger partial charge in [-0.05, 0) is 26.3 Å². The van der Waals surface area contributed by atoms with Crippen molar-refractivity contribution in [2.45, 2.75) is 26.7 Å². The summed E-state index contributed by atoms with van der Waals surface area (Å²) in [5.41, 5.74) is 3.95. The third-order valence-corrected chi connectivity index (χ3v) is 4.65. The van der Waals surface area contributed by atoms with Crippen LogP contribution in [0.3, 0.4) is 0 Å². The maximum absolute atomic E-state index is 12.9. The molecule has 29 heavy (non-hydrogen) atoms. The van der Waals surface area contributed by atoms with Gasteiger partial charge in [0.15, 0.2) is 0 Å². The van der Waals surface area contributed by atoms with Gasteiger partial charge in [0.1, 0.15) is 13.2 Å². The third kappa shape index (κ3) is 5.68. The number of rotatable bonds is 9. The normalized spacial score (nSPS) is 14.7. The Morgan fingerprint density at radius 1 is 0.793 bits per heavy atom. The van der Waals surface area contributed by atoms with Crippen LogP contribution in [0.15, 0.2) is 46.8 Å². The Hall–Kier alpha value is -2.64. The fourth-order valence-electron chi connectivity index (χ4n) is 3.22. The standard InChI is InChI=1S/C22H29NO6/c1-14-6-8-17(9-7-14)20-18(21(24)28-12-10-26-4)15(2)23-16(3)19(20)22(25)29-13-11-27-5/h6-9,20,23H,10-13H2,1-5H3. The van der Waals surface area contributed by atoms with Gasteiger partial charge in [-0.2, -0.15) is 0 Å². The summed E-state index contributed by atoms with van der Waals surface area (Å²) in [4.78, 5) is 25.8. The largest absolute Gasteiger partial charge is 0.460 e. The van der Waals surface area contributed by atoms with Crippen LogP contribution in [0.5, 0.6) is 0 Å². The number of aryl methyl sites for hydroxylation is 1. The highest BCUT2D eigenvalue weighted by Crippen LogP contribution is 2.39. The lowest BCUT2D eigenvalue weighted by Crippen LogP contribution is -2.33. The molecule has 0 bridgehead atoms. The first kappa shape index (κ1) is 22.6. The lowest BCUT2D eigenvalue weighted by atomic mass is 9.80. The topological polar surface area (TPSA) is 83.1 Å². The molecular formula is C22H29NO6. The van der Waals surface area contributed by atoms with Crippen LogP contribution < -0.4 is 5.32 Å². The average molecular weight is 403 g/mol. The first-order valence-corrected chi connectivity index (χ1v) is 9.48. The predicted octanol–water partition coefficient (Wildman–Crippen LogP) is 2.61. The lowest BCUT2D eigenvalue weighted by molar-refractivity contribution is -0.141. The summed E-state index contributed by atoms with van der Waals surface area (Å²) in [7, 11) is 3.08. The van der Waals surface area contributed by atoms with Crippen molar-refractivity contribution >= 4 is 11.9 Å². The minimum atomic E-state index is -0.595. The summed E-state index contributed by atoms with van der Waals surface area (Å²) in [6, 6.07) is 7.72. The van der Waals surface area contributed by atoms with Gasteiger partial charge in [-0.15, -0.1) is 0 Å². The molecule has 0 fully saturated rings. The van der Waals surface area contributed by atoms with Gasteiger partial charge in [-0.3, -0.25) is 0 Å². The highest BCUT2D eigenvalue weighted by molar-refractivity contribution is 5.99. The monoisotopic (exact) mass is 403 g/mol. The smallest absolute Gasteiger partial charge is 0.336 e. The molecule has 7 nitrogen and oxygen atoms in total. The molecule has 7 heteroatoms. The second-order valence-corrected chi connectivity index (χ2v) is 6.80. The van der Waals surface area contributed by atoms with E-state index in [2.05, 4.69) is 5.32 Å². The molecule has 0 saturated carbocycles. The molecule has 0 aliphatic carbocycles. The minimum absolute atomic E-state index is 0.128. The number of carbonyl (C=O) groups excluding carboxylic acids is 2. The van der Waals surface area contributed by atoms with Crippen molar-refractivity contribution in [3.8, 4) is 0 Å². The third-order valence-electron chi connectivity index (χ3n) is 4.65. The summed E-state index contributed by atoms with van der Waals surface area (Å²) < 4.78 is 20.7. The fraction of sp³-hybridized carbons (Fsp3) is 0.455. The van der Waals surface area contributed by atoms with Crippen molar-refractivity contribution < 1.29 is 28.5 Å². The molecule has 0 unspecified atom stereocenters. The molecule has 0 aromatic heterocycles. The van der Waals surface area contributed by atoms with E-state index in [4.69, 9.17) is 18.9 Å². The Morgan fingerprint density at radius 3 is 1.66 bits per heavy atom. The van der Waals surface area contributed by atoms with Crippen LogP contribution in [0.25, 0.3) is 0 Å². The van der Waals surface area contributed by atoms with Gasteiger partial charge in [0.25, 0.3) is 0 Å². The second kappa shape index (κ2) is 10.8. The van der Waals surface area contributed by atoms with Gasteiger partial charge < -0.3 is 24.3 Å². The summed E-state index contributed by atoms with van der Waals surface area (Å²) >= 11 is 0. The molecule has 1 aliphatic rings. The van der Waals surface area contributed by atoms with Crippen LogP contribution in [0.4, 0.5) is 0 Å². The predicted molar refractivity (Wildman–Crippen MR) is 108 cm³/mol. The van der Waals surface area contributed by atoms with Crippen molar-refractivity contribution in [3.63, 3.8) is 0 Å². The zero-order chi connectivity index (χ0) is 21.4. The maximum atomic E-state index is 12.9. The van der Waals surface area contributed by atoms with E-state index in [0.29, 0.717) is 35.8 Å². The van der Waals surface area contributed by atoms with Crippen LogP contribution >= 0.6 is 0 Å². The molecule has 1 aliphatic heterocycles. The van der Waals surface area contributed by atoms with Crippen LogP contribution in [-0.2, 0) is 28.5 Å². The molecule has 0 amide bonds. The van der Waals surface area contributed by atoms with Crippen molar-refractivity contribution in [2.75, 3.05) is 40.6 Å². The molecule has 1 aromatic carbocycles. The summed E-state index contributed by atoms with van der Waals surface area (Å²) in [5.74, 6) is -1.58. The highest BCUT2D eigenvalue weighted by Gasteiger charge is 2.37. The molecule has 0 spiro atoms. The molecule has 0 saturated heterocycles. The molecule has 158 valence electrons. The van der Waals surface area contributed by atoms with Gasteiger partial charge in [0.2, 0.25) is 0 Å². The van der Waals surface area contributed by atoms with E-state index in [1.54, 1.807) is 13.8 Å². The Labute approximate surface area is 171 Å². The van der Waals surface area contributed by atoms with Crippen molar-refractivity contribution in [2.24, 2.45) is 0 Å². The molecular weight excluding hydrogens is 374 g/mol. The zero-order valence-corrected chi connectivity index (χ0v) is 17.7. The average Bonchev–Trinajstić information content (AvgIpc) is 2.68. The fourth-order valence-corrected chi connectivity index (χ4v) is 3.22. The number of nitrogens with one attached hydrogen (secondary N) is 1. The van der Waals surface area contributed by atoms with Crippen LogP contribution in [-0.4, -0.2) is 52.6 Å². The Bertz CT molecular complexity index is 750. The first-order valence-electron chi connectivity index (χ1n) is 9.48. The summed E-state index contributed by atoms with van der Waals surface area (Å²) in [5, 5.41) is 3.13. The van der Waals surface area contributed by atoms with Crippen molar-refractivity contribution in [3.05, 3.63) is 57.9 Å². The number of hydrogen-bond acceptors (Lipinski definition) is 7. The number of allylic oxidation sites excluding steroid dienone is 2. The maximum Gasteiger partial charge on any atom is 0.336 e. The number of carbonyl (C=O) groups is 2. The minimum Gasteiger partial charge on any atom is -0.460 e. The van der Waals surface area contributed by atoms with Gasteiger partial charge >= 0.3 is 11.9 Å². The van der Waals surface area contributed by atoms with Crippen LogP contribution in [0.1, 0.15) is 30.9 Å². The Balaban J connectivity index is 2.45.